The van der Waals surface area contributed by atoms with E-state index < -0.39 is 10.0 Å². The van der Waals surface area contributed by atoms with E-state index >= 15 is 0 Å². The van der Waals surface area contributed by atoms with Crippen LogP contribution in [0.5, 0.6) is 5.75 Å². The predicted molar refractivity (Wildman–Crippen MR) is 95.3 cm³/mol. The number of rotatable bonds is 7. The molecule has 1 heterocycles. The third-order valence-corrected chi connectivity index (χ3v) is 5.19. The van der Waals surface area contributed by atoms with Crippen LogP contribution in [0.2, 0.25) is 0 Å². The van der Waals surface area contributed by atoms with Gasteiger partial charge in [-0.05, 0) is 38.2 Å². The van der Waals surface area contributed by atoms with Crippen LogP contribution in [-0.2, 0) is 10.0 Å². The summed E-state index contributed by atoms with van der Waals surface area (Å²) in [6, 6.07) is 3.99. The second-order valence-electron chi connectivity index (χ2n) is 6.16. The Morgan fingerprint density at radius 3 is 2.56 bits per heavy atom. The molecule has 1 amide bonds. The number of nitrogens with two attached hydrogens (primary N) is 1. The molecular formula is C16H26N4O4S. The Morgan fingerprint density at radius 1 is 1.28 bits per heavy atom. The summed E-state index contributed by atoms with van der Waals surface area (Å²) in [6.07, 6.45) is 0.826. The van der Waals surface area contributed by atoms with Crippen LogP contribution >= 0.6 is 0 Å². The molecule has 0 unspecified atom stereocenters. The van der Waals surface area contributed by atoms with Crippen LogP contribution < -0.4 is 15.2 Å². The van der Waals surface area contributed by atoms with Crippen molar-refractivity contribution in [3.8, 4) is 5.75 Å². The summed E-state index contributed by atoms with van der Waals surface area (Å²) in [6.45, 7) is 5.62. The highest BCUT2D eigenvalue weighted by atomic mass is 32.2. The molecule has 3 N–H and O–H groups in total. The smallest absolute Gasteiger partial charge is 0.255 e. The molecule has 0 spiro atoms. The molecule has 1 aliphatic heterocycles. The number of piperazine rings is 1. The fraction of sp³-hybridized carbons (Fsp3) is 0.562. The molecule has 0 saturated carbocycles. The van der Waals surface area contributed by atoms with Crippen molar-refractivity contribution in [2.75, 3.05) is 53.4 Å². The second kappa shape index (κ2) is 8.61. The molecule has 0 aliphatic carbocycles. The summed E-state index contributed by atoms with van der Waals surface area (Å²) < 4.78 is 28.1. The first-order valence-electron chi connectivity index (χ1n) is 8.21. The van der Waals surface area contributed by atoms with Crippen molar-refractivity contribution in [1.82, 2.24) is 15.1 Å². The average molecular weight is 370 g/mol. The van der Waals surface area contributed by atoms with E-state index in [0.717, 1.165) is 39.1 Å². The zero-order chi connectivity index (χ0) is 18.4. The molecule has 0 atom stereocenters. The van der Waals surface area contributed by atoms with Gasteiger partial charge in [-0.15, -0.1) is 0 Å². The zero-order valence-corrected chi connectivity index (χ0v) is 15.5. The molecule has 140 valence electrons. The van der Waals surface area contributed by atoms with Gasteiger partial charge in [-0.3, -0.25) is 4.79 Å². The number of hydrogen-bond donors (Lipinski definition) is 2. The number of benzene rings is 1. The van der Waals surface area contributed by atoms with Crippen molar-refractivity contribution in [3.05, 3.63) is 23.8 Å². The van der Waals surface area contributed by atoms with Gasteiger partial charge in [0.25, 0.3) is 5.91 Å². The Hall–Kier alpha value is -1.68. The molecular weight excluding hydrogens is 344 g/mol. The first-order valence-corrected chi connectivity index (χ1v) is 9.76. The number of carbonyl (C=O) groups is 1. The number of nitrogens with zero attached hydrogens (tertiary/aromatic N) is 2. The molecule has 1 saturated heterocycles. The van der Waals surface area contributed by atoms with Gasteiger partial charge in [0.15, 0.2) is 0 Å². The minimum atomic E-state index is -3.87. The normalized spacial score (nSPS) is 16.6. The Balaban J connectivity index is 1.89. The maximum atomic E-state index is 12.4. The number of sulfonamides is 1. The lowest BCUT2D eigenvalue weighted by atomic mass is 10.2. The zero-order valence-electron chi connectivity index (χ0n) is 14.7. The Bertz CT molecular complexity index is 700. The fourth-order valence-corrected chi connectivity index (χ4v) is 3.25. The molecule has 1 fully saturated rings. The quantitative estimate of drug-likeness (QED) is 0.639. The van der Waals surface area contributed by atoms with Gasteiger partial charge in [-0.25, -0.2) is 13.6 Å². The molecule has 25 heavy (non-hydrogen) atoms. The van der Waals surface area contributed by atoms with Gasteiger partial charge in [-0.2, -0.15) is 0 Å². The van der Waals surface area contributed by atoms with Gasteiger partial charge in [-0.1, -0.05) is 0 Å². The van der Waals surface area contributed by atoms with Gasteiger partial charge in [0, 0.05) is 32.7 Å². The Labute approximate surface area is 149 Å². The highest BCUT2D eigenvalue weighted by Crippen LogP contribution is 2.21. The Kier molecular flexibility index (Phi) is 6.77. The molecule has 1 aromatic carbocycles. The largest absolute Gasteiger partial charge is 0.496 e. The van der Waals surface area contributed by atoms with Gasteiger partial charge in [0.05, 0.1) is 17.6 Å². The molecule has 9 heteroatoms. The first-order chi connectivity index (χ1) is 11.8. The second-order valence-corrected chi connectivity index (χ2v) is 7.72. The van der Waals surface area contributed by atoms with Crippen molar-refractivity contribution in [1.29, 1.82) is 0 Å². The molecule has 0 bridgehead atoms. The lowest BCUT2D eigenvalue weighted by molar-refractivity contribution is 0.0946. The van der Waals surface area contributed by atoms with E-state index in [1.165, 1.54) is 25.3 Å². The van der Waals surface area contributed by atoms with Crippen LogP contribution in [0.25, 0.3) is 0 Å². The number of carbonyl (C=O) groups excluding carboxylic acids is 1. The Morgan fingerprint density at radius 2 is 1.96 bits per heavy atom. The van der Waals surface area contributed by atoms with Crippen molar-refractivity contribution >= 4 is 15.9 Å². The summed E-state index contributed by atoms with van der Waals surface area (Å²) in [4.78, 5) is 16.9. The number of primary sulfonamides is 1. The molecule has 8 nitrogen and oxygen atoms in total. The van der Waals surface area contributed by atoms with E-state index in [1.54, 1.807) is 0 Å². The number of methoxy groups -OCH3 is 1. The van der Waals surface area contributed by atoms with Crippen LogP contribution in [0.1, 0.15) is 16.8 Å². The summed E-state index contributed by atoms with van der Waals surface area (Å²) in [5.41, 5.74) is 0.161. The minimum Gasteiger partial charge on any atom is -0.496 e. The SMILES string of the molecule is COc1ccc(S(N)(=O)=O)cc1C(=O)NCCCN1CCN(C)CC1. The lowest BCUT2D eigenvalue weighted by Gasteiger charge is -2.32. The minimum absolute atomic E-state index is 0.115. The van der Waals surface area contributed by atoms with E-state index in [0.29, 0.717) is 12.3 Å². The molecule has 0 aromatic heterocycles. The molecule has 1 aromatic rings. The van der Waals surface area contributed by atoms with E-state index in [2.05, 4.69) is 22.2 Å². The van der Waals surface area contributed by atoms with Gasteiger partial charge in [0.1, 0.15) is 5.75 Å². The number of likely N-dealkylation sites (N-methyl/N-ethyl adjacent to an activating group) is 1. The van der Waals surface area contributed by atoms with Crippen LogP contribution in [0.4, 0.5) is 0 Å². The number of amides is 1. The van der Waals surface area contributed by atoms with Gasteiger partial charge < -0.3 is 19.9 Å². The maximum absolute atomic E-state index is 12.4. The molecule has 0 radical (unpaired) electrons. The van der Waals surface area contributed by atoms with Crippen molar-refractivity contribution in [2.24, 2.45) is 5.14 Å². The van der Waals surface area contributed by atoms with Crippen molar-refractivity contribution in [2.45, 2.75) is 11.3 Å². The summed E-state index contributed by atoms with van der Waals surface area (Å²) in [5.74, 6) is -0.0651. The first kappa shape index (κ1) is 19.6. The van der Waals surface area contributed by atoms with E-state index in [1.807, 2.05) is 0 Å². The maximum Gasteiger partial charge on any atom is 0.255 e. The van der Waals surface area contributed by atoms with Crippen molar-refractivity contribution < 1.29 is 17.9 Å². The molecule has 1 aliphatic rings. The van der Waals surface area contributed by atoms with E-state index in [9.17, 15) is 13.2 Å². The average Bonchev–Trinajstić information content (AvgIpc) is 2.58. The highest BCUT2D eigenvalue weighted by molar-refractivity contribution is 7.89. The monoisotopic (exact) mass is 370 g/mol. The van der Waals surface area contributed by atoms with Crippen LogP contribution in [-0.4, -0.2) is 77.6 Å². The summed E-state index contributed by atoms with van der Waals surface area (Å²) in [7, 11) is -0.336. The topological polar surface area (TPSA) is 105 Å². The summed E-state index contributed by atoms with van der Waals surface area (Å²) in [5, 5.41) is 7.93. The fourth-order valence-electron chi connectivity index (χ4n) is 2.71. The third-order valence-electron chi connectivity index (χ3n) is 4.28. The standard InChI is InChI=1S/C16H26N4O4S/c1-19-8-10-20(11-9-19)7-3-6-18-16(21)14-12-13(25(17,22)23)4-5-15(14)24-2/h4-5,12H,3,6-11H2,1-2H3,(H,18,21)(H2,17,22,23). The van der Waals surface area contributed by atoms with Gasteiger partial charge in [0.2, 0.25) is 10.0 Å². The van der Waals surface area contributed by atoms with Crippen LogP contribution in [0.3, 0.4) is 0 Å². The molecule has 2 rings (SSSR count). The van der Waals surface area contributed by atoms with E-state index in [-0.39, 0.29) is 16.4 Å². The van der Waals surface area contributed by atoms with Crippen LogP contribution in [0, 0.1) is 0 Å². The number of ether oxygens (including phenoxy) is 1. The lowest BCUT2D eigenvalue weighted by Crippen LogP contribution is -2.45. The number of nitrogens with one attached hydrogen (secondary N) is 1. The van der Waals surface area contributed by atoms with E-state index in [4.69, 9.17) is 9.88 Å². The summed E-state index contributed by atoms with van der Waals surface area (Å²) >= 11 is 0. The van der Waals surface area contributed by atoms with Crippen molar-refractivity contribution in [3.63, 3.8) is 0 Å². The highest BCUT2D eigenvalue weighted by Gasteiger charge is 2.17. The number of hydrogen-bond acceptors (Lipinski definition) is 6. The predicted octanol–water partition coefficient (Wildman–Crippen LogP) is -0.290. The van der Waals surface area contributed by atoms with Gasteiger partial charge >= 0.3 is 0 Å². The third kappa shape index (κ3) is 5.67. The van der Waals surface area contributed by atoms with Crippen LogP contribution in [0.15, 0.2) is 23.1 Å².